The Morgan fingerprint density at radius 3 is 1.81 bits per heavy atom. The minimum atomic E-state index is -0.945. The van der Waals surface area contributed by atoms with Gasteiger partial charge in [0.05, 0.1) is 72.0 Å². The molecule has 1 saturated heterocycles. The number of ether oxygens (including phenoxy) is 1. The largest absolute Gasteiger partial charge is 0.420 e. The van der Waals surface area contributed by atoms with E-state index in [0.717, 1.165) is 35.5 Å². The topological polar surface area (TPSA) is 172 Å². The summed E-state index contributed by atoms with van der Waals surface area (Å²) in [5, 5.41) is 41.0. The van der Waals surface area contributed by atoms with Crippen LogP contribution in [0, 0.1) is 37.0 Å². The van der Waals surface area contributed by atoms with Crippen molar-refractivity contribution in [3.8, 4) is 17.5 Å². The second-order valence-electron chi connectivity index (χ2n) is 14.9. The Bertz CT molecular complexity index is 2540. The van der Waals surface area contributed by atoms with E-state index in [4.69, 9.17) is 57.3 Å². The molecule has 0 spiro atoms. The van der Waals surface area contributed by atoms with Crippen LogP contribution in [0.1, 0.15) is 90.5 Å². The molecule has 2 heterocycles. The normalized spacial score (nSPS) is 13.4. The molecule has 0 bridgehead atoms. The minimum absolute atomic E-state index is 0.216. The molecule has 1 aliphatic rings. The summed E-state index contributed by atoms with van der Waals surface area (Å²) < 4.78 is 10.8. The summed E-state index contributed by atoms with van der Waals surface area (Å²) >= 11 is 12.7. The van der Waals surface area contributed by atoms with E-state index >= 15 is 0 Å². The third-order valence-electron chi connectivity index (χ3n) is 10.6. The van der Waals surface area contributed by atoms with Gasteiger partial charge >= 0.3 is 0 Å². The highest BCUT2D eigenvalue weighted by Crippen LogP contribution is 2.36. The van der Waals surface area contributed by atoms with E-state index in [1.807, 2.05) is 26.0 Å². The lowest BCUT2D eigenvalue weighted by Gasteiger charge is -2.21. The average molecular weight is 903 g/mol. The molecule has 0 radical (unpaired) electrons. The van der Waals surface area contributed by atoms with Crippen molar-refractivity contribution in [1.82, 2.24) is 15.5 Å². The molecule has 5 aromatic rings. The molecule has 3 N–H and O–H groups in total. The number of rotatable bonds is 14. The van der Waals surface area contributed by atoms with Crippen molar-refractivity contribution >= 4 is 52.0 Å². The van der Waals surface area contributed by atoms with Gasteiger partial charge in [0.1, 0.15) is 0 Å². The molecule has 15 heteroatoms. The average Bonchev–Trinajstić information content (AvgIpc) is 4.06. The zero-order valence-corrected chi connectivity index (χ0v) is 37.6. The Morgan fingerprint density at radius 1 is 0.797 bits per heavy atom. The highest BCUT2D eigenvalue weighted by Gasteiger charge is 2.28. The Hall–Kier alpha value is -6.42. The molecule has 1 fully saturated rings. The second kappa shape index (κ2) is 25.0. The fraction of sp³-hybridized carbons (Fsp3) is 0.347. The quantitative estimate of drug-likeness (QED) is 0.0724. The summed E-state index contributed by atoms with van der Waals surface area (Å²) in [7, 11) is 0. The van der Waals surface area contributed by atoms with Crippen molar-refractivity contribution < 1.29 is 29.0 Å². The van der Waals surface area contributed by atoms with Gasteiger partial charge in [-0.25, -0.2) is 14.5 Å². The fourth-order valence-electron chi connectivity index (χ4n) is 6.86. The van der Waals surface area contributed by atoms with Crippen LogP contribution in [-0.4, -0.2) is 64.1 Å². The second-order valence-corrected chi connectivity index (χ2v) is 15.6. The van der Waals surface area contributed by atoms with Crippen molar-refractivity contribution in [2.75, 3.05) is 19.8 Å². The molecule has 4 atom stereocenters. The first-order valence-corrected chi connectivity index (χ1v) is 21.5. The van der Waals surface area contributed by atoms with Gasteiger partial charge < -0.3 is 24.7 Å². The molecule has 0 unspecified atom stereocenters. The van der Waals surface area contributed by atoms with Gasteiger partial charge in [-0.3, -0.25) is 9.59 Å². The van der Waals surface area contributed by atoms with Crippen LogP contribution in [0.5, 0.6) is 0 Å². The monoisotopic (exact) mass is 901 g/mol. The Balaban J connectivity index is 0.000000252. The number of nitrogens with zero attached hydrogens (tertiary/aromatic N) is 6. The summed E-state index contributed by atoms with van der Waals surface area (Å²) in [6.45, 7) is 30.3. The van der Waals surface area contributed by atoms with Crippen LogP contribution in [-0.2, 0) is 35.2 Å². The maximum atomic E-state index is 12.7. The molecule has 6 rings (SSSR count). The number of hydrogen-bond donors (Lipinski definition) is 3. The van der Waals surface area contributed by atoms with Gasteiger partial charge in [-0.2, -0.15) is 5.26 Å². The van der Waals surface area contributed by atoms with Crippen LogP contribution in [0.15, 0.2) is 77.2 Å². The van der Waals surface area contributed by atoms with Gasteiger partial charge in [0, 0.05) is 24.3 Å². The van der Waals surface area contributed by atoms with E-state index in [9.17, 15) is 19.8 Å². The molecular weight excluding hydrogens is 853 g/mol. The summed E-state index contributed by atoms with van der Waals surface area (Å²) in [6.07, 6.45) is 2.83. The maximum absolute atomic E-state index is 12.7. The number of aliphatic hydroxyl groups is 2. The van der Waals surface area contributed by atoms with E-state index in [0.29, 0.717) is 74.8 Å². The van der Waals surface area contributed by atoms with E-state index in [1.165, 1.54) is 44.0 Å². The van der Waals surface area contributed by atoms with E-state index < -0.39 is 30.0 Å². The standard InChI is InChI=1S/C23H22ClN3O3.C22H19ClN4O2.C4H8O/c1-4-18-17(9-10-20(26-3)22(18)24)11-19(14(2)28)23(30)27-13-21(29)16-7-5-15(12-25)6-8-16;1-5-17-15(8-11-19(25-4)20(17)23)12-18(13(2)28)22-27-26-21(29-22)14-6-9-16(24-3)10-7-14;1-2-4-5-3-1/h5-10,14,19,28H,4,11,13H2,1-2H3,(H,27,30);6-11,13,18,28H,5,12H2,1-2H3;1-4H2/t14-,19+;13-,18+;/m00./s1. The summed E-state index contributed by atoms with van der Waals surface area (Å²) in [5.74, 6) is -1.27. The molecule has 0 aliphatic carbocycles. The van der Waals surface area contributed by atoms with Crippen LogP contribution in [0.3, 0.4) is 0 Å². The lowest BCUT2D eigenvalue weighted by molar-refractivity contribution is -0.127. The van der Waals surface area contributed by atoms with Crippen molar-refractivity contribution in [2.45, 2.75) is 84.3 Å². The third kappa shape index (κ3) is 13.5. The zero-order valence-electron chi connectivity index (χ0n) is 36.1. The first-order chi connectivity index (χ1) is 30.8. The first kappa shape index (κ1) is 50.2. The number of carbonyl (C=O) groups excluding carboxylic acids is 2. The molecule has 1 aromatic heterocycles. The van der Waals surface area contributed by atoms with Gasteiger partial charge in [-0.15, -0.1) is 10.2 Å². The third-order valence-corrected chi connectivity index (χ3v) is 11.4. The van der Waals surface area contributed by atoms with Crippen molar-refractivity contribution in [3.05, 3.63) is 156 Å². The Labute approximate surface area is 384 Å². The molecule has 1 aliphatic heterocycles. The highest BCUT2D eigenvalue weighted by molar-refractivity contribution is 6.34. The van der Waals surface area contributed by atoms with Crippen molar-refractivity contribution in [1.29, 1.82) is 5.26 Å². The molecule has 64 heavy (non-hydrogen) atoms. The number of hydrogen-bond acceptors (Lipinski definition) is 9. The summed E-state index contributed by atoms with van der Waals surface area (Å²) in [5.41, 5.74) is 6.23. The van der Waals surface area contributed by atoms with Crippen LogP contribution >= 0.6 is 23.2 Å². The van der Waals surface area contributed by atoms with E-state index in [1.54, 1.807) is 49.4 Å². The molecule has 13 nitrogen and oxygen atoms in total. The number of benzene rings is 4. The molecular formula is C49H49Cl2N7O6. The van der Waals surface area contributed by atoms with Gasteiger partial charge in [0.2, 0.25) is 29.1 Å². The lowest BCUT2D eigenvalue weighted by Crippen LogP contribution is -2.40. The molecule has 1 amide bonds. The predicted octanol–water partition coefficient (Wildman–Crippen LogP) is 10.4. The number of Topliss-reactive ketones (excluding diaryl/α,β-unsaturated/α-hetero) is 1. The zero-order chi connectivity index (χ0) is 46.8. The number of aliphatic hydroxyl groups excluding tert-OH is 2. The van der Waals surface area contributed by atoms with Crippen molar-refractivity contribution in [3.63, 3.8) is 0 Å². The van der Waals surface area contributed by atoms with Gasteiger partial charge in [0.15, 0.2) is 11.5 Å². The molecule has 330 valence electrons. The SMILES string of the molecule is C1CCOC1.[C-]#[N+]c1ccc(-c2nnc([C@H](Cc3ccc([N+]#[C-])c(Cl)c3CC)[C@H](C)O)o2)cc1.[C-]#[N+]c1ccc(C[C@@H](C(=O)NCC(=O)c2ccc(C#N)cc2)[C@H](C)O)c(CC)c1Cl. The van der Waals surface area contributed by atoms with Gasteiger partial charge in [-0.1, -0.05) is 97.7 Å². The fourth-order valence-corrected chi connectivity index (χ4v) is 7.58. The maximum Gasteiger partial charge on any atom is 0.247 e. The first-order valence-electron chi connectivity index (χ1n) is 20.7. The number of ketones is 1. The minimum Gasteiger partial charge on any atom is -0.420 e. The number of amides is 1. The number of aromatic nitrogens is 2. The number of nitrogens with one attached hydrogen (secondary N) is 1. The predicted molar refractivity (Wildman–Crippen MR) is 246 cm³/mol. The summed E-state index contributed by atoms with van der Waals surface area (Å²) in [4.78, 5) is 35.2. The van der Waals surface area contributed by atoms with Gasteiger partial charge in [0.25, 0.3) is 0 Å². The van der Waals surface area contributed by atoms with E-state index in [-0.39, 0.29) is 18.7 Å². The number of nitriles is 1. The number of carbonyl (C=O) groups is 2. The Kier molecular flexibility index (Phi) is 19.6. The van der Waals surface area contributed by atoms with E-state index in [2.05, 4.69) is 30.0 Å². The summed E-state index contributed by atoms with van der Waals surface area (Å²) in [6, 6.07) is 21.9. The highest BCUT2D eigenvalue weighted by atomic mass is 35.5. The Morgan fingerprint density at radius 2 is 1.36 bits per heavy atom. The van der Waals surface area contributed by atoms with Gasteiger partial charge in [-0.05, 0) is 86.8 Å². The molecule has 4 aromatic carbocycles. The van der Waals surface area contributed by atoms with Crippen LogP contribution in [0.25, 0.3) is 26.0 Å². The van der Waals surface area contributed by atoms with Crippen LogP contribution in [0.2, 0.25) is 10.0 Å². The van der Waals surface area contributed by atoms with Crippen LogP contribution in [0.4, 0.5) is 17.1 Å². The number of halogens is 2. The van der Waals surface area contributed by atoms with Crippen molar-refractivity contribution in [2.24, 2.45) is 5.92 Å². The molecule has 0 saturated carbocycles. The smallest absolute Gasteiger partial charge is 0.247 e. The lowest BCUT2D eigenvalue weighted by atomic mass is 9.90. The van der Waals surface area contributed by atoms with Crippen LogP contribution < -0.4 is 5.32 Å².